The van der Waals surface area contributed by atoms with E-state index >= 15 is 0 Å². The Bertz CT molecular complexity index is 838. The first-order valence-corrected chi connectivity index (χ1v) is 9.53. The molecule has 2 amide bonds. The summed E-state index contributed by atoms with van der Waals surface area (Å²) in [5.41, 5.74) is -4.01. The summed E-state index contributed by atoms with van der Waals surface area (Å²) in [6, 6.07) is 2.55. The number of halogens is 4. The smallest absolute Gasteiger partial charge is 0.373 e. The molecule has 1 aromatic carbocycles. The zero-order valence-electron chi connectivity index (χ0n) is 14.5. The normalized spacial score (nSPS) is 14.6. The van der Waals surface area contributed by atoms with E-state index in [9.17, 15) is 36.3 Å². The summed E-state index contributed by atoms with van der Waals surface area (Å²) in [5.74, 6) is -3.38. The molecule has 0 aliphatic rings. The first-order chi connectivity index (χ1) is 12.1. The highest BCUT2D eigenvalue weighted by atomic mass is 35.5. The van der Waals surface area contributed by atoms with Gasteiger partial charge >= 0.3 is 6.18 Å². The number of amides is 2. The van der Waals surface area contributed by atoms with Gasteiger partial charge in [0.2, 0.25) is 11.5 Å². The molecule has 0 spiro atoms. The Labute approximate surface area is 158 Å². The zero-order valence-corrected chi connectivity index (χ0v) is 16.1. The third-order valence-corrected chi connectivity index (χ3v) is 5.24. The molecule has 0 saturated heterocycles. The highest BCUT2D eigenvalue weighted by Crippen LogP contribution is 2.32. The second kappa shape index (κ2) is 8.03. The van der Waals surface area contributed by atoms with Gasteiger partial charge in [-0.3, -0.25) is 9.59 Å². The van der Waals surface area contributed by atoms with Crippen molar-refractivity contribution in [3.8, 4) is 0 Å². The number of anilines is 1. The lowest BCUT2D eigenvalue weighted by Gasteiger charge is -2.25. The molecule has 27 heavy (non-hydrogen) atoms. The van der Waals surface area contributed by atoms with Crippen molar-refractivity contribution in [1.29, 1.82) is 0 Å². The van der Waals surface area contributed by atoms with Crippen LogP contribution in [0.25, 0.3) is 0 Å². The molecule has 0 bridgehead atoms. The topological polar surface area (TPSA) is 113 Å². The van der Waals surface area contributed by atoms with E-state index in [2.05, 4.69) is 5.32 Å². The van der Waals surface area contributed by atoms with E-state index in [4.69, 9.17) is 11.6 Å². The fourth-order valence-corrected chi connectivity index (χ4v) is 3.24. The minimum atomic E-state index is -5.23. The Morgan fingerprint density at radius 1 is 1.26 bits per heavy atom. The van der Waals surface area contributed by atoms with E-state index in [0.717, 1.165) is 18.2 Å². The summed E-state index contributed by atoms with van der Waals surface area (Å²) in [5, 5.41) is 13.1. The molecule has 3 N–H and O–H groups in total. The van der Waals surface area contributed by atoms with Crippen molar-refractivity contribution in [2.24, 2.45) is 0 Å². The Hall–Kier alpha value is -1.85. The second-order valence-corrected chi connectivity index (χ2v) is 8.54. The van der Waals surface area contributed by atoms with Crippen LogP contribution in [0.4, 0.5) is 18.9 Å². The molecule has 0 saturated carbocycles. The van der Waals surface area contributed by atoms with Crippen LogP contribution in [0.5, 0.6) is 0 Å². The van der Waals surface area contributed by atoms with Gasteiger partial charge in [-0.05, 0) is 39.0 Å². The molecular formula is C15H18ClF3N2O5S. The van der Waals surface area contributed by atoms with Crippen LogP contribution in [0.15, 0.2) is 23.1 Å². The molecule has 0 aliphatic heterocycles. The lowest BCUT2D eigenvalue weighted by atomic mass is 10.1. The summed E-state index contributed by atoms with van der Waals surface area (Å²) in [7, 11) is -4.06. The van der Waals surface area contributed by atoms with Crippen LogP contribution >= 0.6 is 11.6 Å². The van der Waals surface area contributed by atoms with Crippen LogP contribution in [-0.2, 0) is 19.4 Å². The maximum absolute atomic E-state index is 12.7. The van der Waals surface area contributed by atoms with E-state index < -0.39 is 39.2 Å². The van der Waals surface area contributed by atoms with Crippen molar-refractivity contribution in [2.45, 2.75) is 43.5 Å². The van der Waals surface area contributed by atoms with E-state index in [1.807, 2.05) is 0 Å². The van der Waals surface area contributed by atoms with E-state index in [1.165, 1.54) is 0 Å². The summed E-state index contributed by atoms with van der Waals surface area (Å²) in [6.45, 7) is 3.56. The molecule has 1 atom stereocenters. The van der Waals surface area contributed by atoms with Crippen molar-refractivity contribution in [2.75, 3.05) is 11.1 Å². The number of benzene rings is 1. The Morgan fingerprint density at radius 3 is 2.26 bits per heavy atom. The molecular weight excluding hydrogens is 413 g/mol. The number of rotatable bonds is 6. The SMILES string of the molecule is CC(C)NC(=O)CS(=O)(=O)c1ccc(NC(=O)[C@@](C)(O)C(F)(F)F)c(Cl)c1. The average molecular weight is 431 g/mol. The first-order valence-electron chi connectivity index (χ1n) is 7.50. The van der Waals surface area contributed by atoms with E-state index in [1.54, 1.807) is 19.2 Å². The third-order valence-electron chi connectivity index (χ3n) is 3.31. The number of hydrogen-bond acceptors (Lipinski definition) is 5. The van der Waals surface area contributed by atoms with Gasteiger partial charge in [-0.2, -0.15) is 13.2 Å². The van der Waals surface area contributed by atoms with Gasteiger partial charge in [-0.15, -0.1) is 0 Å². The molecule has 12 heteroatoms. The monoisotopic (exact) mass is 430 g/mol. The van der Waals surface area contributed by atoms with Gasteiger partial charge in [0, 0.05) is 6.04 Å². The molecule has 0 fully saturated rings. The Kier molecular flexibility index (Phi) is 6.90. The standard InChI is InChI=1S/C15H18ClF3N2O5S/c1-8(2)20-12(22)7-27(25,26)9-4-5-11(10(16)6-9)21-13(23)14(3,24)15(17,18)19/h4-6,8,24H,7H2,1-3H3,(H,20,22)(H,21,23)/t14-/m1/s1. The molecule has 0 aromatic heterocycles. The van der Waals surface area contributed by atoms with Crippen molar-refractivity contribution >= 4 is 38.9 Å². The van der Waals surface area contributed by atoms with Crippen molar-refractivity contribution < 1.29 is 36.3 Å². The number of aliphatic hydroxyl groups is 1. The predicted molar refractivity (Wildman–Crippen MR) is 92.1 cm³/mol. The highest BCUT2D eigenvalue weighted by molar-refractivity contribution is 7.92. The molecule has 0 radical (unpaired) electrons. The van der Waals surface area contributed by atoms with Crippen LogP contribution < -0.4 is 10.6 Å². The van der Waals surface area contributed by atoms with Crippen molar-refractivity contribution in [3.05, 3.63) is 23.2 Å². The number of nitrogens with one attached hydrogen (secondary N) is 2. The average Bonchev–Trinajstić information content (AvgIpc) is 2.46. The second-order valence-electron chi connectivity index (χ2n) is 6.15. The van der Waals surface area contributed by atoms with Gasteiger partial charge in [-0.1, -0.05) is 11.6 Å². The van der Waals surface area contributed by atoms with Crippen LogP contribution in [-0.4, -0.2) is 48.9 Å². The fourth-order valence-electron chi connectivity index (χ4n) is 1.78. The summed E-state index contributed by atoms with van der Waals surface area (Å²) in [4.78, 5) is 22.9. The molecule has 1 aromatic rings. The zero-order chi connectivity index (χ0) is 21.2. The van der Waals surface area contributed by atoms with Gasteiger partial charge < -0.3 is 15.7 Å². The Balaban J connectivity index is 3.03. The first kappa shape index (κ1) is 23.2. The summed E-state index contributed by atoms with van der Waals surface area (Å²) < 4.78 is 62.4. The predicted octanol–water partition coefficient (Wildman–Crippen LogP) is 1.89. The minimum Gasteiger partial charge on any atom is -0.373 e. The lowest BCUT2D eigenvalue weighted by Crippen LogP contribution is -2.52. The quantitative estimate of drug-likeness (QED) is 0.638. The molecule has 1 rings (SSSR count). The number of hydrogen-bond donors (Lipinski definition) is 3. The molecule has 0 heterocycles. The van der Waals surface area contributed by atoms with Crippen LogP contribution in [0.1, 0.15) is 20.8 Å². The number of carbonyl (C=O) groups excluding carboxylic acids is 2. The Morgan fingerprint density at radius 2 is 1.81 bits per heavy atom. The maximum atomic E-state index is 12.7. The molecule has 0 aliphatic carbocycles. The molecule has 7 nitrogen and oxygen atoms in total. The highest BCUT2D eigenvalue weighted by Gasteiger charge is 2.55. The maximum Gasteiger partial charge on any atom is 0.426 e. The van der Waals surface area contributed by atoms with Crippen LogP contribution in [0, 0.1) is 0 Å². The summed E-state index contributed by atoms with van der Waals surface area (Å²) >= 11 is 5.82. The number of carbonyl (C=O) groups is 2. The van der Waals surface area contributed by atoms with Gasteiger partial charge in [0.05, 0.1) is 15.6 Å². The van der Waals surface area contributed by atoms with Gasteiger partial charge in [0.15, 0.2) is 9.84 Å². The van der Waals surface area contributed by atoms with Crippen LogP contribution in [0.2, 0.25) is 5.02 Å². The van der Waals surface area contributed by atoms with Crippen LogP contribution in [0.3, 0.4) is 0 Å². The number of alkyl halides is 3. The minimum absolute atomic E-state index is 0.266. The van der Waals surface area contributed by atoms with Crippen molar-refractivity contribution in [1.82, 2.24) is 5.32 Å². The lowest BCUT2D eigenvalue weighted by molar-refractivity contribution is -0.242. The largest absolute Gasteiger partial charge is 0.426 e. The molecule has 152 valence electrons. The van der Waals surface area contributed by atoms with Gasteiger partial charge in [0.1, 0.15) is 5.75 Å². The van der Waals surface area contributed by atoms with E-state index in [-0.39, 0.29) is 28.6 Å². The fraction of sp³-hybridized carbons (Fsp3) is 0.467. The van der Waals surface area contributed by atoms with E-state index in [0.29, 0.717) is 0 Å². The third kappa shape index (κ3) is 5.81. The summed E-state index contributed by atoms with van der Waals surface area (Å²) in [6.07, 6.45) is -5.23. The molecule has 0 unspecified atom stereocenters. The van der Waals surface area contributed by atoms with Gasteiger partial charge in [-0.25, -0.2) is 8.42 Å². The van der Waals surface area contributed by atoms with Crippen molar-refractivity contribution in [3.63, 3.8) is 0 Å². The van der Waals surface area contributed by atoms with Gasteiger partial charge in [0.25, 0.3) is 5.91 Å². The number of sulfone groups is 1.